The van der Waals surface area contributed by atoms with E-state index in [0.29, 0.717) is 24.5 Å². The van der Waals surface area contributed by atoms with Crippen LogP contribution in [0.1, 0.15) is 51.6 Å². The van der Waals surface area contributed by atoms with Gasteiger partial charge in [0.15, 0.2) is 0 Å². The normalized spacial score (nSPS) is 20.9. The van der Waals surface area contributed by atoms with E-state index in [-0.39, 0.29) is 0 Å². The average Bonchev–Trinajstić information content (AvgIpc) is 2.96. The third kappa shape index (κ3) is 3.98. The largest absolute Gasteiger partial charge is 0.494 e. The van der Waals surface area contributed by atoms with E-state index in [9.17, 15) is 0 Å². The van der Waals surface area contributed by atoms with Crippen LogP contribution in [0.5, 0.6) is 5.75 Å². The SMILES string of the molecule is CCCOc1cccc(C(CN)N2CCCC2C(C)C)c1. The van der Waals surface area contributed by atoms with Gasteiger partial charge in [0.2, 0.25) is 0 Å². The molecule has 1 heterocycles. The Kier molecular flexibility index (Phi) is 6.07. The number of hydrogen-bond acceptors (Lipinski definition) is 3. The van der Waals surface area contributed by atoms with Gasteiger partial charge in [-0.3, -0.25) is 4.90 Å². The van der Waals surface area contributed by atoms with E-state index in [0.717, 1.165) is 25.3 Å². The third-order valence-electron chi connectivity index (χ3n) is 4.45. The highest BCUT2D eigenvalue weighted by atomic mass is 16.5. The molecule has 1 aliphatic heterocycles. The van der Waals surface area contributed by atoms with Crippen molar-refractivity contribution in [2.24, 2.45) is 11.7 Å². The van der Waals surface area contributed by atoms with E-state index in [4.69, 9.17) is 10.5 Å². The van der Waals surface area contributed by atoms with Gasteiger partial charge < -0.3 is 10.5 Å². The molecule has 0 spiro atoms. The summed E-state index contributed by atoms with van der Waals surface area (Å²) in [4.78, 5) is 2.60. The number of benzene rings is 1. The van der Waals surface area contributed by atoms with Gasteiger partial charge in [-0.25, -0.2) is 0 Å². The van der Waals surface area contributed by atoms with Crippen molar-refractivity contribution in [3.8, 4) is 5.75 Å². The second-order valence-corrected chi connectivity index (χ2v) is 6.36. The Bertz CT molecular complexity index is 433. The Morgan fingerprint density at radius 1 is 1.38 bits per heavy atom. The fraction of sp³-hybridized carbons (Fsp3) is 0.667. The molecule has 0 amide bonds. The van der Waals surface area contributed by atoms with E-state index in [1.807, 2.05) is 6.07 Å². The van der Waals surface area contributed by atoms with Gasteiger partial charge >= 0.3 is 0 Å². The van der Waals surface area contributed by atoms with Crippen LogP contribution >= 0.6 is 0 Å². The predicted octanol–water partition coefficient (Wildman–Crippen LogP) is 3.60. The number of nitrogens with two attached hydrogens (primary N) is 1. The molecular formula is C18H30N2O. The maximum absolute atomic E-state index is 6.11. The molecule has 1 aromatic rings. The first-order chi connectivity index (χ1) is 10.2. The van der Waals surface area contributed by atoms with Gasteiger partial charge in [0.25, 0.3) is 0 Å². The predicted molar refractivity (Wildman–Crippen MR) is 88.6 cm³/mol. The molecule has 2 rings (SSSR count). The van der Waals surface area contributed by atoms with Crippen LogP contribution in [0.15, 0.2) is 24.3 Å². The van der Waals surface area contributed by atoms with Crippen LogP contribution in [-0.2, 0) is 0 Å². The molecule has 0 radical (unpaired) electrons. The molecule has 1 aromatic carbocycles. The fourth-order valence-electron chi connectivity index (χ4n) is 3.41. The second kappa shape index (κ2) is 7.81. The highest BCUT2D eigenvalue weighted by Gasteiger charge is 2.32. The van der Waals surface area contributed by atoms with E-state index in [2.05, 4.69) is 43.9 Å². The molecule has 1 saturated heterocycles. The van der Waals surface area contributed by atoms with Gasteiger partial charge in [0.1, 0.15) is 5.75 Å². The molecule has 2 N–H and O–H groups in total. The van der Waals surface area contributed by atoms with Crippen molar-refractivity contribution in [2.75, 3.05) is 19.7 Å². The van der Waals surface area contributed by atoms with E-state index >= 15 is 0 Å². The van der Waals surface area contributed by atoms with Crippen LogP contribution in [0.2, 0.25) is 0 Å². The summed E-state index contributed by atoms with van der Waals surface area (Å²) in [6.45, 7) is 9.36. The molecule has 1 aliphatic rings. The molecule has 0 aliphatic carbocycles. The molecule has 0 aromatic heterocycles. The van der Waals surface area contributed by atoms with Crippen LogP contribution in [0.4, 0.5) is 0 Å². The summed E-state index contributed by atoms with van der Waals surface area (Å²) in [5, 5.41) is 0. The molecule has 118 valence electrons. The molecule has 2 atom stereocenters. The summed E-state index contributed by atoms with van der Waals surface area (Å²) < 4.78 is 5.77. The Labute approximate surface area is 129 Å². The van der Waals surface area contributed by atoms with Crippen molar-refractivity contribution >= 4 is 0 Å². The van der Waals surface area contributed by atoms with Gasteiger partial charge in [-0.15, -0.1) is 0 Å². The fourth-order valence-corrected chi connectivity index (χ4v) is 3.41. The minimum Gasteiger partial charge on any atom is -0.494 e. The number of likely N-dealkylation sites (tertiary alicyclic amines) is 1. The maximum Gasteiger partial charge on any atom is 0.119 e. The molecule has 0 bridgehead atoms. The molecule has 1 fully saturated rings. The van der Waals surface area contributed by atoms with Crippen molar-refractivity contribution in [3.63, 3.8) is 0 Å². The highest BCUT2D eigenvalue weighted by molar-refractivity contribution is 5.31. The van der Waals surface area contributed by atoms with Crippen molar-refractivity contribution in [3.05, 3.63) is 29.8 Å². The van der Waals surface area contributed by atoms with Crippen LogP contribution < -0.4 is 10.5 Å². The van der Waals surface area contributed by atoms with Gasteiger partial charge in [-0.1, -0.05) is 32.9 Å². The van der Waals surface area contributed by atoms with Crippen molar-refractivity contribution in [1.29, 1.82) is 0 Å². The van der Waals surface area contributed by atoms with Crippen molar-refractivity contribution in [2.45, 2.75) is 52.1 Å². The smallest absolute Gasteiger partial charge is 0.119 e. The third-order valence-corrected chi connectivity index (χ3v) is 4.45. The Morgan fingerprint density at radius 3 is 2.86 bits per heavy atom. The van der Waals surface area contributed by atoms with Crippen molar-refractivity contribution in [1.82, 2.24) is 4.90 Å². The summed E-state index contributed by atoms with van der Waals surface area (Å²) in [6, 6.07) is 9.44. The van der Waals surface area contributed by atoms with Crippen LogP contribution in [0, 0.1) is 5.92 Å². The van der Waals surface area contributed by atoms with Gasteiger partial charge in [0, 0.05) is 18.6 Å². The minimum atomic E-state index is 0.310. The van der Waals surface area contributed by atoms with Gasteiger partial charge in [-0.2, -0.15) is 0 Å². The minimum absolute atomic E-state index is 0.310. The number of ether oxygens (including phenoxy) is 1. The molecular weight excluding hydrogens is 260 g/mol. The average molecular weight is 290 g/mol. The monoisotopic (exact) mass is 290 g/mol. The van der Waals surface area contributed by atoms with Crippen LogP contribution in [0.25, 0.3) is 0 Å². The summed E-state index contributed by atoms with van der Waals surface area (Å²) >= 11 is 0. The Hall–Kier alpha value is -1.06. The number of hydrogen-bond donors (Lipinski definition) is 1. The zero-order chi connectivity index (χ0) is 15.2. The molecule has 2 unspecified atom stereocenters. The lowest BCUT2D eigenvalue weighted by molar-refractivity contribution is 0.149. The zero-order valence-corrected chi connectivity index (χ0v) is 13.7. The lowest BCUT2D eigenvalue weighted by Gasteiger charge is -2.35. The van der Waals surface area contributed by atoms with Gasteiger partial charge in [-0.05, 0) is 49.4 Å². The number of rotatable bonds is 7. The summed E-state index contributed by atoms with van der Waals surface area (Å²) in [5.41, 5.74) is 7.41. The van der Waals surface area contributed by atoms with E-state index < -0.39 is 0 Å². The molecule has 3 heteroatoms. The summed E-state index contributed by atoms with van der Waals surface area (Å²) in [6.07, 6.45) is 3.61. The lowest BCUT2D eigenvalue weighted by atomic mass is 9.98. The first-order valence-electron chi connectivity index (χ1n) is 8.36. The topological polar surface area (TPSA) is 38.5 Å². The second-order valence-electron chi connectivity index (χ2n) is 6.36. The summed E-state index contributed by atoms with van der Waals surface area (Å²) in [5.74, 6) is 1.65. The lowest BCUT2D eigenvalue weighted by Crippen LogP contribution is -2.39. The van der Waals surface area contributed by atoms with Crippen LogP contribution in [0.3, 0.4) is 0 Å². The van der Waals surface area contributed by atoms with E-state index in [1.165, 1.54) is 18.4 Å². The molecule has 3 nitrogen and oxygen atoms in total. The molecule has 0 saturated carbocycles. The number of nitrogens with zero attached hydrogens (tertiary/aromatic N) is 1. The van der Waals surface area contributed by atoms with E-state index in [1.54, 1.807) is 0 Å². The zero-order valence-electron chi connectivity index (χ0n) is 13.7. The summed E-state index contributed by atoms with van der Waals surface area (Å²) in [7, 11) is 0. The first kappa shape index (κ1) is 16.3. The van der Waals surface area contributed by atoms with Gasteiger partial charge in [0.05, 0.1) is 6.61 Å². The van der Waals surface area contributed by atoms with Crippen LogP contribution in [-0.4, -0.2) is 30.6 Å². The standard InChI is InChI=1S/C18H30N2O/c1-4-11-21-16-8-5-7-15(12-16)18(13-19)20-10-6-9-17(20)14(2)3/h5,7-8,12,14,17-18H,4,6,9-11,13,19H2,1-3H3. The molecule has 21 heavy (non-hydrogen) atoms. The highest BCUT2D eigenvalue weighted by Crippen LogP contribution is 2.33. The Morgan fingerprint density at radius 2 is 2.19 bits per heavy atom. The Balaban J connectivity index is 2.16. The first-order valence-corrected chi connectivity index (χ1v) is 8.36. The quantitative estimate of drug-likeness (QED) is 0.834. The maximum atomic E-state index is 6.11. The van der Waals surface area contributed by atoms with Crippen molar-refractivity contribution < 1.29 is 4.74 Å².